The first-order chi connectivity index (χ1) is 8.81. The van der Waals surface area contributed by atoms with Crippen molar-refractivity contribution in [1.82, 2.24) is 4.72 Å². The van der Waals surface area contributed by atoms with E-state index < -0.39 is 16.0 Å². The number of carboxylic acid groups (broad SMARTS) is 1. The largest absolute Gasteiger partial charge is 0.478 e. The Morgan fingerprint density at radius 2 is 1.95 bits per heavy atom. The average molecular weight is 286 g/mol. The molecular weight excluding hydrogens is 268 g/mol. The minimum atomic E-state index is -3.72. The molecule has 6 nitrogen and oxygen atoms in total. The number of sulfonamides is 1. The van der Waals surface area contributed by atoms with Crippen molar-refractivity contribution in [2.75, 3.05) is 5.73 Å². The van der Waals surface area contributed by atoms with Gasteiger partial charge in [0.25, 0.3) is 0 Å². The highest BCUT2D eigenvalue weighted by atomic mass is 32.2. The Morgan fingerprint density at radius 3 is 2.37 bits per heavy atom. The van der Waals surface area contributed by atoms with Crippen LogP contribution in [0.1, 0.15) is 37.0 Å². The third kappa shape index (κ3) is 3.68. The van der Waals surface area contributed by atoms with Gasteiger partial charge >= 0.3 is 5.97 Å². The summed E-state index contributed by atoms with van der Waals surface area (Å²) in [4.78, 5) is 10.7. The molecule has 0 spiro atoms. The molecule has 0 saturated carbocycles. The number of carboxylic acids is 1. The van der Waals surface area contributed by atoms with Gasteiger partial charge in [-0.3, -0.25) is 0 Å². The summed E-state index contributed by atoms with van der Waals surface area (Å²) in [6.45, 7) is 3.77. The molecule has 4 N–H and O–H groups in total. The SMILES string of the molecule is CCC(CC)NS(=O)(=O)c1ccc(C(=O)O)cc1N. The predicted molar refractivity (Wildman–Crippen MR) is 72.5 cm³/mol. The van der Waals surface area contributed by atoms with Crippen molar-refractivity contribution in [2.24, 2.45) is 0 Å². The van der Waals surface area contributed by atoms with E-state index in [0.29, 0.717) is 12.8 Å². The summed E-state index contributed by atoms with van der Waals surface area (Å²) in [5, 5.41) is 8.80. The lowest BCUT2D eigenvalue weighted by Gasteiger charge is -2.16. The molecule has 0 aliphatic rings. The number of nitrogens with two attached hydrogens (primary N) is 1. The van der Waals surface area contributed by atoms with E-state index in [-0.39, 0.29) is 22.2 Å². The summed E-state index contributed by atoms with van der Waals surface area (Å²) in [5.74, 6) is -1.15. The quantitative estimate of drug-likeness (QED) is 0.685. The van der Waals surface area contributed by atoms with Gasteiger partial charge in [0, 0.05) is 6.04 Å². The molecule has 106 valence electrons. The van der Waals surface area contributed by atoms with Crippen molar-refractivity contribution >= 4 is 21.7 Å². The van der Waals surface area contributed by atoms with Crippen molar-refractivity contribution in [3.05, 3.63) is 23.8 Å². The zero-order valence-electron chi connectivity index (χ0n) is 10.9. The highest BCUT2D eigenvalue weighted by Crippen LogP contribution is 2.20. The third-order valence-corrected chi connectivity index (χ3v) is 4.45. The van der Waals surface area contributed by atoms with Gasteiger partial charge in [-0.25, -0.2) is 17.9 Å². The highest BCUT2D eigenvalue weighted by Gasteiger charge is 2.21. The molecule has 1 aromatic rings. The van der Waals surface area contributed by atoms with Crippen LogP contribution >= 0.6 is 0 Å². The molecule has 0 radical (unpaired) electrons. The van der Waals surface area contributed by atoms with E-state index >= 15 is 0 Å². The number of hydrogen-bond donors (Lipinski definition) is 3. The van der Waals surface area contributed by atoms with Gasteiger partial charge in [0.2, 0.25) is 10.0 Å². The highest BCUT2D eigenvalue weighted by molar-refractivity contribution is 7.89. The molecule has 7 heteroatoms. The first-order valence-electron chi connectivity index (χ1n) is 5.97. The lowest BCUT2D eigenvalue weighted by molar-refractivity contribution is 0.0697. The Balaban J connectivity index is 3.12. The molecule has 0 bridgehead atoms. The van der Waals surface area contributed by atoms with E-state index in [9.17, 15) is 13.2 Å². The van der Waals surface area contributed by atoms with Crippen molar-refractivity contribution in [3.8, 4) is 0 Å². The maximum absolute atomic E-state index is 12.1. The van der Waals surface area contributed by atoms with Crippen LogP contribution in [-0.4, -0.2) is 25.5 Å². The van der Waals surface area contributed by atoms with Gasteiger partial charge in [0.05, 0.1) is 11.3 Å². The summed E-state index contributed by atoms with van der Waals surface area (Å²) in [5.41, 5.74) is 5.51. The number of carbonyl (C=O) groups is 1. The molecule has 0 saturated heterocycles. The number of aromatic carboxylic acids is 1. The second-order valence-electron chi connectivity index (χ2n) is 4.19. The first-order valence-corrected chi connectivity index (χ1v) is 7.45. The smallest absolute Gasteiger partial charge is 0.335 e. The van der Waals surface area contributed by atoms with Gasteiger partial charge in [0.1, 0.15) is 4.90 Å². The van der Waals surface area contributed by atoms with E-state index in [0.717, 1.165) is 6.07 Å². The maximum Gasteiger partial charge on any atom is 0.335 e. The minimum absolute atomic E-state index is 0.0426. The van der Waals surface area contributed by atoms with Crippen LogP contribution in [0.5, 0.6) is 0 Å². The molecule has 0 heterocycles. The lowest BCUT2D eigenvalue weighted by Crippen LogP contribution is -2.34. The summed E-state index contributed by atoms with van der Waals surface area (Å²) < 4.78 is 26.8. The van der Waals surface area contributed by atoms with E-state index in [1.807, 2.05) is 13.8 Å². The zero-order chi connectivity index (χ0) is 14.6. The average Bonchev–Trinajstić information content (AvgIpc) is 2.35. The molecule has 0 atom stereocenters. The third-order valence-electron chi connectivity index (χ3n) is 2.85. The van der Waals surface area contributed by atoms with Crippen LogP contribution in [0, 0.1) is 0 Å². The standard InChI is InChI=1S/C12H18N2O4S/c1-3-9(4-2)14-19(17,18)11-6-5-8(12(15)16)7-10(11)13/h5-7,9,14H,3-4,13H2,1-2H3,(H,15,16). The van der Waals surface area contributed by atoms with Gasteiger partial charge in [0.15, 0.2) is 0 Å². The zero-order valence-corrected chi connectivity index (χ0v) is 11.7. The lowest BCUT2D eigenvalue weighted by atomic mass is 10.2. The van der Waals surface area contributed by atoms with Crippen molar-refractivity contribution < 1.29 is 18.3 Å². The Labute approximate surface area is 112 Å². The molecule has 0 unspecified atom stereocenters. The minimum Gasteiger partial charge on any atom is -0.478 e. The summed E-state index contributed by atoms with van der Waals surface area (Å²) >= 11 is 0. The molecule has 1 aromatic carbocycles. The number of benzene rings is 1. The van der Waals surface area contributed by atoms with Crippen molar-refractivity contribution in [3.63, 3.8) is 0 Å². The van der Waals surface area contributed by atoms with Crippen LogP contribution in [-0.2, 0) is 10.0 Å². The second kappa shape index (κ2) is 6.03. The molecule has 19 heavy (non-hydrogen) atoms. The molecule has 0 aliphatic carbocycles. The van der Waals surface area contributed by atoms with E-state index in [1.165, 1.54) is 12.1 Å². The summed E-state index contributed by atoms with van der Waals surface area (Å²) in [6, 6.07) is 3.41. The molecule has 0 fully saturated rings. The Kier molecular flexibility index (Phi) is 4.90. The summed E-state index contributed by atoms with van der Waals surface area (Å²) in [7, 11) is -3.72. The number of anilines is 1. The van der Waals surface area contributed by atoms with Gasteiger partial charge in [-0.15, -0.1) is 0 Å². The van der Waals surface area contributed by atoms with Crippen molar-refractivity contribution in [1.29, 1.82) is 0 Å². The van der Waals surface area contributed by atoms with Gasteiger partial charge in [-0.2, -0.15) is 0 Å². The molecule has 0 aliphatic heterocycles. The van der Waals surface area contributed by atoms with Gasteiger partial charge < -0.3 is 10.8 Å². The Hall–Kier alpha value is -1.60. The number of nitrogens with one attached hydrogen (secondary N) is 1. The maximum atomic E-state index is 12.1. The first kappa shape index (κ1) is 15.5. The molecule has 0 aromatic heterocycles. The topological polar surface area (TPSA) is 109 Å². The molecule has 1 rings (SSSR count). The summed E-state index contributed by atoms with van der Waals surface area (Å²) in [6.07, 6.45) is 1.34. The van der Waals surface area contributed by atoms with Crippen molar-refractivity contribution in [2.45, 2.75) is 37.6 Å². The number of hydrogen-bond acceptors (Lipinski definition) is 4. The normalized spacial score (nSPS) is 11.7. The van der Waals surface area contributed by atoms with Crippen LogP contribution in [0.3, 0.4) is 0 Å². The molecular formula is C12H18N2O4S. The van der Waals surface area contributed by atoms with Gasteiger partial charge in [-0.1, -0.05) is 13.8 Å². The van der Waals surface area contributed by atoms with Gasteiger partial charge in [-0.05, 0) is 31.0 Å². The van der Waals surface area contributed by atoms with E-state index in [4.69, 9.17) is 10.8 Å². The fourth-order valence-electron chi connectivity index (χ4n) is 1.66. The van der Waals surface area contributed by atoms with E-state index in [1.54, 1.807) is 0 Å². The van der Waals surface area contributed by atoms with Crippen LogP contribution in [0.2, 0.25) is 0 Å². The Bertz CT molecular complexity index is 565. The predicted octanol–water partition coefficient (Wildman–Crippen LogP) is 1.43. The van der Waals surface area contributed by atoms with Crippen LogP contribution in [0.4, 0.5) is 5.69 Å². The number of nitrogen functional groups attached to an aromatic ring is 1. The van der Waals surface area contributed by atoms with E-state index in [2.05, 4.69) is 4.72 Å². The monoisotopic (exact) mass is 286 g/mol. The van der Waals surface area contributed by atoms with Crippen LogP contribution in [0.15, 0.2) is 23.1 Å². The fraction of sp³-hybridized carbons (Fsp3) is 0.417. The van der Waals surface area contributed by atoms with Crippen LogP contribution < -0.4 is 10.5 Å². The van der Waals surface area contributed by atoms with Crippen LogP contribution in [0.25, 0.3) is 0 Å². The second-order valence-corrected chi connectivity index (χ2v) is 5.87. The Morgan fingerprint density at radius 1 is 1.37 bits per heavy atom. The fourth-order valence-corrected chi connectivity index (χ4v) is 3.18. The molecule has 0 amide bonds. The number of rotatable bonds is 6.